The molecule has 72 valence electrons. The van der Waals surface area contributed by atoms with E-state index >= 15 is 0 Å². The number of halogens is 2. The minimum atomic E-state index is -0.940. The topological polar surface area (TPSA) is 30.7 Å². The van der Waals surface area contributed by atoms with Crippen molar-refractivity contribution in [2.24, 2.45) is 7.05 Å². The van der Waals surface area contributed by atoms with Gasteiger partial charge in [0, 0.05) is 12.6 Å². The van der Waals surface area contributed by atoms with E-state index in [1.807, 2.05) is 0 Å². The highest BCUT2D eigenvalue weighted by molar-refractivity contribution is 5.78. The van der Waals surface area contributed by atoms with E-state index in [9.17, 15) is 8.78 Å². The molecule has 0 N–H and O–H groups in total. The molecule has 5 heteroatoms. The first-order chi connectivity index (χ1) is 6.65. The molecular weight excluding hydrogens is 188 g/mol. The van der Waals surface area contributed by atoms with Crippen LogP contribution in [-0.4, -0.2) is 15.0 Å². The summed E-state index contributed by atoms with van der Waals surface area (Å²) in [7, 11) is 1.51. The van der Waals surface area contributed by atoms with E-state index in [0.717, 1.165) is 0 Å². The van der Waals surface area contributed by atoms with E-state index in [4.69, 9.17) is 0 Å². The van der Waals surface area contributed by atoms with Gasteiger partial charge in [-0.2, -0.15) is 0 Å². The zero-order chi connectivity index (χ0) is 10.3. The molecule has 0 amide bonds. The lowest BCUT2D eigenvalue weighted by Gasteiger charge is -1.99. The highest BCUT2D eigenvalue weighted by atomic mass is 19.2. The molecular formula is C9H7F2N3. The van der Waals surface area contributed by atoms with Crippen LogP contribution in [-0.2, 0) is 7.05 Å². The van der Waals surface area contributed by atoms with Crippen molar-refractivity contribution < 1.29 is 8.78 Å². The number of aromatic nitrogens is 3. The van der Waals surface area contributed by atoms with Crippen LogP contribution in [0.5, 0.6) is 0 Å². The summed E-state index contributed by atoms with van der Waals surface area (Å²) in [5.74, 6) is -1.86. The van der Waals surface area contributed by atoms with Gasteiger partial charge in [0.1, 0.15) is 11.0 Å². The van der Waals surface area contributed by atoms with Gasteiger partial charge in [-0.05, 0) is 6.07 Å². The number of fused-ring (bicyclic) bond motifs is 1. The summed E-state index contributed by atoms with van der Waals surface area (Å²) in [5, 5.41) is 7.29. The van der Waals surface area contributed by atoms with Gasteiger partial charge < -0.3 is 0 Å². The van der Waals surface area contributed by atoms with Gasteiger partial charge in [-0.25, -0.2) is 13.5 Å². The van der Waals surface area contributed by atoms with Crippen LogP contribution in [0.2, 0.25) is 0 Å². The maximum Gasteiger partial charge on any atom is 0.186 e. The van der Waals surface area contributed by atoms with Crippen molar-refractivity contribution in [1.82, 2.24) is 15.0 Å². The first kappa shape index (κ1) is 8.80. The predicted molar refractivity (Wildman–Crippen MR) is 48.5 cm³/mol. The summed E-state index contributed by atoms with van der Waals surface area (Å²) >= 11 is 0. The molecule has 14 heavy (non-hydrogen) atoms. The average Bonchev–Trinajstić information content (AvgIpc) is 2.54. The number of hydrogen-bond donors (Lipinski definition) is 0. The fraction of sp³-hybridized carbons (Fsp3) is 0.111. The van der Waals surface area contributed by atoms with Crippen molar-refractivity contribution in [3.05, 3.63) is 29.8 Å². The van der Waals surface area contributed by atoms with Crippen LogP contribution in [0.3, 0.4) is 0 Å². The minimum absolute atomic E-state index is 0.0631. The second kappa shape index (κ2) is 2.87. The van der Waals surface area contributed by atoms with Crippen molar-refractivity contribution in [2.45, 2.75) is 0 Å². The lowest BCUT2D eigenvalue weighted by Crippen LogP contribution is -1.96. The molecule has 0 aliphatic heterocycles. The van der Waals surface area contributed by atoms with E-state index in [1.165, 1.54) is 23.9 Å². The molecule has 1 aromatic carbocycles. The summed E-state index contributed by atoms with van der Waals surface area (Å²) < 4.78 is 27.9. The Balaban J connectivity index is 2.94. The monoisotopic (exact) mass is 195 g/mol. The van der Waals surface area contributed by atoms with Crippen molar-refractivity contribution in [1.29, 1.82) is 0 Å². The second-order valence-corrected chi connectivity index (χ2v) is 2.88. The van der Waals surface area contributed by atoms with Crippen LogP contribution in [0.25, 0.3) is 17.1 Å². The largest absolute Gasteiger partial charge is 0.245 e. The minimum Gasteiger partial charge on any atom is -0.245 e. The molecule has 0 aliphatic carbocycles. The third-order valence-corrected chi connectivity index (χ3v) is 2.02. The number of benzene rings is 1. The number of hydrogen-bond acceptors (Lipinski definition) is 2. The molecule has 0 radical (unpaired) electrons. The average molecular weight is 195 g/mol. The Labute approximate surface area is 78.6 Å². The first-order valence-corrected chi connectivity index (χ1v) is 3.95. The van der Waals surface area contributed by atoms with Crippen molar-refractivity contribution in [3.8, 4) is 0 Å². The van der Waals surface area contributed by atoms with Gasteiger partial charge in [-0.3, -0.25) is 0 Å². The van der Waals surface area contributed by atoms with Gasteiger partial charge in [0.2, 0.25) is 0 Å². The smallest absolute Gasteiger partial charge is 0.186 e. The quantitative estimate of drug-likeness (QED) is 0.695. The molecule has 0 saturated carbocycles. The maximum atomic E-state index is 13.4. The van der Waals surface area contributed by atoms with Gasteiger partial charge in [0.05, 0.1) is 0 Å². The third-order valence-electron chi connectivity index (χ3n) is 2.02. The molecule has 0 fully saturated rings. The molecule has 0 spiro atoms. The van der Waals surface area contributed by atoms with Gasteiger partial charge >= 0.3 is 0 Å². The third kappa shape index (κ3) is 1.02. The molecule has 0 saturated heterocycles. The summed E-state index contributed by atoms with van der Waals surface area (Å²) in [6.07, 6.45) is 1.24. The van der Waals surface area contributed by atoms with E-state index in [0.29, 0.717) is 5.52 Å². The van der Waals surface area contributed by atoms with Crippen molar-refractivity contribution >= 4 is 17.1 Å². The van der Waals surface area contributed by atoms with Gasteiger partial charge in [0.25, 0.3) is 0 Å². The second-order valence-electron chi connectivity index (χ2n) is 2.88. The molecule has 2 rings (SSSR count). The van der Waals surface area contributed by atoms with Crippen LogP contribution in [0, 0.1) is 11.6 Å². The summed E-state index contributed by atoms with van der Waals surface area (Å²) in [6.45, 7) is 3.38. The standard InChI is InChI=1S/C9H7F2N3/c1-3-5-4-6-9(8(11)7(5)10)14(2)13-12-6/h3-4H,1H2,2H3. The summed E-state index contributed by atoms with van der Waals surface area (Å²) in [5.41, 5.74) is 0.477. The van der Waals surface area contributed by atoms with Gasteiger partial charge in [0.15, 0.2) is 11.6 Å². The van der Waals surface area contributed by atoms with Crippen LogP contribution in [0.1, 0.15) is 5.56 Å². The van der Waals surface area contributed by atoms with Gasteiger partial charge in [-0.15, -0.1) is 5.10 Å². The number of nitrogens with zero attached hydrogens (tertiary/aromatic N) is 3. The molecule has 0 bridgehead atoms. The zero-order valence-corrected chi connectivity index (χ0v) is 7.46. The zero-order valence-electron chi connectivity index (χ0n) is 7.46. The Morgan fingerprint density at radius 2 is 2.14 bits per heavy atom. The fourth-order valence-electron chi connectivity index (χ4n) is 1.31. The Hall–Kier alpha value is -1.78. The predicted octanol–water partition coefficient (Wildman–Crippen LogP) is 1.89. The maximum absolute atomic E-state index is 13.4. The van der Waals surface area contributed by atoms with Gasteiger partial charge in [-0.1, -0.05) is 17.9 Å². The molecule has 1 heterocycles. The van der Waals surface area contributed by atoms with Crippen molar-refractivity contribution in [3.63, 3.8) is 0 Å². The Morgan fingerprint density at radius 3 is 2.79 bits per heavy atom. The Morgan fingerprint density at radius 1 is 1.43 bits per heavy atom. The van der Waals surface area contributed by atoms with E-state index < -0.39 is 11.6 Å². The molecule has 1 aromatic heterocycles. The summed E-state index contributed by atoms with van der Waals surface area (Å²) in [6, 6.07) is 1.41. The lowest BCUT2D eigenvalue weighted by molar-refractivity contribution is 0.510. The SMILES string of the molecule is C=Cc1cc2nnn(C)c2c(F)c1F. The first-order valence-electron chi connectivity index (χ1n) is 3.95. The highest BCUT2D eigenvalue weighted by Gasteiger charge is 2.15. The molecule has 0 aliphatic rings. The number of aryl methyl sites for hydroxylation is 1. The van der Waals surface area contributed by atoms with Crippen LogP contribution in [0.4, 0.5) is 8.78 Å². The molecule has 3 nitrogen and oxygen atoms in total. The molecule has 2 aromatic rings. The van der Waals surface area contributed by atoms with Crippen molar-refractivity contribution in [2.75, 3.05) is 0 Å². The van der Waals surface area contributed by atoms with Crippen LogP contribution in [0.15, 0.2) is 12.6 Å². The Kier molecular flexibility index (Phi) is 1.80. The summed E-state index contributed by atoms with van der Waals surface area (Å²) in [4.78, 5) is 0. The van der Waals surface area contributed by atoms with E-state index in [1.54, 1.807) is 0 Å². The van der Waals surface area contributed by atoms with Crippen LogP contribution < -0.4 is 0 Å². The Bertz CT molecular complexity index is 516. The fourth-order valence-corrected chi connectivity index (χ4v) is 1.31. The highest BCUT2D eigenvalue weighted by Crippen LogP contribution is 2.22. The van der Waals surface area contributed by atoms with Crippen LogP contribution >= 0.6 is 0 Å². The number of rotatable bonds is 1. The lowest BCUT2D eigenvalue weighted by atomic mass is 10.1. The van der Waals surface area contributed by atoms with E-state index in [-0.39, 0.29) is 11.1 Å². The normalized spacial score (nSPS) is 10.8. The van der Waals surface area contributed by atoms with E-state index in [2.05, 4.69) is 16.9 Å². The molecule has 0 atom stereocenters. The molecule has 0 unspecified atom stereocenters.